The van der Waals surface area contributed by atoms with Gasteiger partial charge in [-0.2, -0.15) is 18.2 Å². The van der Waals surface area contributed by atoms with Crippen LogP contribution in [0.1, 0.15) is 13.8 Å². The first-order chi connectivity index (χ1) is 12.0. The predicted molar refractivity (Wildman–Crippen MR) is 90.0 cm³/mol. The van der Waals surface area contributed by atoms with Gasteiger partial charge in [-0.1, -0.05) is 24.3 Å². The molecule has 0 radical (unpaired) electrons. The van der Waals surface area contributed by atoms with Crippen LogP contribution < -0.4 is 10.4 Å². The van der Waals surface area contributed by atoms with Crippen molar-refractivity contribution in [2.75, 3.05) is 6.54 Å². The first-order valence-electron chi connectivity index (χ1n) is 8.32. The van der Waals surface area contributed by atoms with Gasteiger partial charge in [-0.05, 0) is 25.3 Å². The zero-order valence-corrected chi connectivity index (χ0v) is 15.8. The number of hydrogen-bond acceptors (Lipinski definition) is 6. The average Bonchev–Trinajstić information content (AvgIpc) is 3.33. The van der Waals surface area contributed by atoms with Crippen LogP contribution in [0.25, 0.3) is 0 Å². The molecule has 142 valence electrons. The quantitative estimate of drug-likeness (QED) is 0.445. The maximum atomic E-state index is 11.8. The fourth-order valence-corrected chi connectivity index (χ4v) is 2.87. The molecular formula is C19H23FeNO5. The summed E-state index contributed by atoms with van der Waals surface area (Å²) in [5.74, 6) is -0.940. The Morgan fingerprint density at radius 2 is 1.88 bits per heavy atom. The molecule has 0 unspecified atom stereocenters. The third-order valence-electron chi connectivity index (χ3n) is 4.06. The zero-order valence-electron chi connectivity index (χ0n) is 14.6. The zero-order chi connectivity index (χ0) is 17.9. The van der Waals surface area contributed by atoms with Crippen molar-refractivity contribution in [1.29, 1.82) is 0 Å². The van der Waals surface area contributed by atoms with Crippen molar-refractivity contribution >= 4 is 0 Å². The van der Waals surface area contributed by atoms with E-state index in [4.69, 9.17) is 14.2 Å². The Balaban J connectivity index is 0.000000351. The largest absolute Gasteiger partial charge is 2.00 e. The van der Waals surface area contributed by atoms with Gasteiger partial charge in [-0.25, -0.2) is 12.1 Å². The molecule has 2 fully saturated rings. The first kappa shape index (κ1) is 20.8. The molecule has 0 aromatic heterocycles. The molecule has 2 aliphatic heterocycles. The van der Waals surface area contributed by atoms with Crippen molar-refractivity contribution in [2.45, 2.75) is 44.2 Å². The fraction of sp³-hybridized carbons (Fsp3) is 0.421. The maximum absolute atomic E-state index is 11.8. The van der Waals surface area contributed by atoms with Crippen molar-refractivity contribution in [3.8, 4) is 0 Å². The Kier molecular flexibility index (Phi) is 7.17. The number of allylic oxidation sites excluding steroid dienone is 5. The van der Waals surface area contributed by atoms with E-state index in [0.717, 1.165) is 0 Å². The second kappa shape index (κ2) is 8.95. The van der Waals surface area contributed by atoms with Crippen LogP contribution in [0.5, 0.6) is 0 Å². The van der Waals surface area contributed by atoms with Crippen LogP contribution in [0.4, 0.5) is 0 Å². The number of nitrogens with one attached hydrogen (secondary N) is 1. The second-order valence-corrected chi connectivity index (χ2v) is 6.48. The molecule has 6 nitrogen and oxygen atoms in total. The van der Waals surface area contributed by atoms with Crippen LogP contribution >= 0.6 is 0 Å². The number of fused-ring (bicyclic) bond motifs is 1. The molecule has 4 rings (SSSR count). The van der Waals surface area contributed by atoms with E-state index in [-0.39, 0.29) is 29.5 Å². The van der Waals surface area contributed by atoms with Crippen LogP contribution in [0.2, 0.25) is 0 Å². The van der Waals surface area contributed by atoms with Crippen LogP contribution in [0.3, 0.4) is 0 Å². The topological polar surface area (TPSA) is 83.0 Å². The molecule has 0 bridgehead atoms. The number of ether oxygens (including phenoxy) is 3. The molecule has 7 heteroatoms. The molecule has 2 heterocycles. The van der Waals surface area contributed by atoms with Gasteiger partial charge >= 0.3 is 17.1 Å². The molecule has 0 amide bonds. The Morgan fingerprint density at radius 3 is 2.42 bits per heavy atom. The van der Waals surface area contributed by atoms with Crippen LogP contribution in [-0.4, -0.2) is 42.0 Å². The molecule has 0 saturated carbocycles. The standard InChI is InChI=1S/C14H19NO5.C5H5.Fe/c1-14(2)19-11-10(16)9(18-13(11)20-14)7-15-12(17)8-5-3-4-6-8;1-2-4-5-3-1;/h3-6,9-11,13,15-17H,7H2,1-2H3;1-5H;/q;-1;+2/p-1/t9-,10+,11-,13-;;/m1../s1. The van der Waals surface area contributed by atoms with E-state index in [9.17, 15) is 10.2 Å². The molecule has 26 heavy (non-hydrogen) atoms. The van der Waals surface area contributed by atoms with Crippen molar-refractivity contribution < 1.29 is 41.5 Å². The molecule has 4 atom stereocenters. The van der Waals surface area contributed by atoms with E-state index < -0.39 is 30.4 Å². The Labute approximate surface area is 164 Å². The van der Waals surface area contributed by atoms with E-state index in [0.29, 0.717) is 5.57 Å². The molecule has 1 aromatic carbocycles. The Bertz CT molecular complexity index is 622. The molecule has 2 saturated heterocycles. The Hall–Kier alpha value is -1.47. The summed E-state index contributed by atoms with van der Waals surface area (Å²) >= 11 is 0. The van der Waals surface area contributed by atoms with Gasteiger partial charge in [-0.15, -0.1) is 0 Å². The summed E-state index contributed by atoms with van der Waals surface area (Å²) in [5, 5.41) is 24.7. The summed E-state index contributed by atoms with van der Waals surface area (Å²) in [5.41, 5.74) is 0.589. The Morgan fingerprint density at radius 1 is 1.23 bits per heavy atom. The molecule has 2 N–H and O–H groups in total. The number of aliphatic hydroxyl groups is 1. The molecule has 0 spiro atoms. The van der Waals surface area contributed by atoms with Gasteiger partial charge < -0.3 is 29.7 Å². The van der Waals surface area contributed by atoms with Gasteiger partial charge in [0.25, 0.3) is 0 Å². The van der Waals surface area contributed by atoms with Crippen molar-refractivity contribution in [3.05, 3.63) is 66.1 Å². The van der Waals surface area contributed by atoms with Crippen molar-refractivity contribution in [2.24, 2.45) is 0 Å². The second-order valence-electron chi connectivity index (χ2n) is 6.48. The SMILES string of the molecule is CC1(C)O[C@H]2O[C@H](CNC([O-])=C3C=CC=C3)[C@H](O)[C@H]2O1.[Fe+2].c1cc[cH-]c1. The number of rotatable bonds is 3. The summed E-state index contributed by atoms with van der Waals surface area (Å²) in [4.78, 5) is 0. The molecule has 3 aliphatic rings. The monoisotopic (exact) mass is 401 g/mol. The third kappa shape index (κ3) is 5.04. The summed E-state index contributed by atoms with van der Waals surface area (Å²) in [7, 11) is 0. The maximum Gasteiger partial charge on any atom is 2.00 e. The van der Waals surface area contributed by atoms with Crippen LogP contribution in [0, 0.1) is 0 Å². The number of aliphatic hydroxyl groups excluding tert-OH is 1. The minimum Gasteiger partial charge on any atom is -0.860 e. The predicted octanol–water partition coefficient (Wildman–Crippen LogP) is 0.914. The third-order valence-corrected chi connectivity index (χ3v) is 4.06. The summed E-state index contributed by atoms with van der Waals surface area (Å²) in [6.45, 7) is 3.76. The van der Waals surface area contributed by atoms with E-state index >= 15 is 0 Å². The summed E-state index contributed by atoms with van der Waals surface area (Å²) in [6.07, 6.45) is 4.61. The van der Waals surface area contributed by atoms with E-state index in [1.54, 1.807) is 38.2 Å². The average molecular weight is 401 g/mol. The molecular weight excluding hydrogens is 378 g/mol. The van der Waals surface area contributed by atoms with Gasteiger partial charge in [-0.3, -0.25) is 0 Å². The fourth-order valence-electron chi connectivity index (χ4n) is 2.87. The van der Waals surface area contributed by atoms with E-state index in [1.165, 1.54) is 0 Å². The van der Waals surface area contributed by atoms with Gasteiger partial charge in [0, 0.05) is 6.54 Å². The minimum atomic E-state index is -0.818. The van der Waals surface area contributed by atoms with Crippen molar-refractivity contribution in [1.82, 2.24) is 5.32 Å². The van der Waals surface area contributed by atoms with Gasteiger partial charge in [0.1, 0.15) is 18.3 Å². The molecule has 1 aliphatic carbocycles. The summed E-state index contributed by atoms with van der Waals surface area (Å²) < 4.78 is 16.7. The molecule has 1 aromatic rings. The normalized spacial score (nSPS) is 30.3. The smallest absolute Gasteiger partial charge is 0.860 e. The summed E-state index contributed by atoms with van der Waals surface area (Å²) in [6, 6.07) is 10.0. The van der Waals surface area contributed by atoms with Gasteiger partial charge in [0.15, 0.2) is 12.1 Å². The van der Waals surface area contributed by atoms with Gasteiger partial charge in [0.05, 0.1) is 0 Å². The van der Waals surface area contributed by atoms with Gasteiger partial charge in [0.2, 0.25) is 0 Å². The van der Waals surface area contributed by atoms with E-state index in [1.807, 2.05) is 30.3 Å². The minimum absolute atomic E-state index is 0. The van der Waals surface area contributed by atoms with E-state index in [2.05, 4.69) is 5.32 Å². The van der Waals surface area contributed by atoms with Crippen LogP contribution in [0.15, 0.2) is 66.1 Å². The first-order valence-corrected chi connectivity index (χ1v) is 8.32. The number of hydrogen-bond donors (Lipinski definition) is 2. The van der Waals surface area contributed by atoms with Crippen LogP contribution in [-0.2, 0) is 31.3 Å². The van der Waals surface area contributed by atoms with Crippen molar-refractivity contribution in [3.63, 3.8) is 0 Å².